The van der Waals surface area contributed by atoms with Crippen molar-refractivity contribution in [2.75, 3.05) is 19.6 Å². The van der Waals surface area contributed by atoms with Crippen molar-refractivity contribution in [3.05, 3.63) is 47.8 Å². The van der Waals surface area contributed by atoms with Crippen molar-refractivity contribution in [2.24, 2.45) is 0 Å². The van der Waals surface area contributed by atoms with Crippen molar-refractivity contribution in [3.8, 4) is 0 Å². The third kappa shape index (κ3) is 4.96. The van der Waals surface area contributed by atoms with E-state index in [1.165, 1.54) is 0 Å². The Labute approximate surface area is 150 Å². The largest absolute Gasteiger partial charge is 0.353 e. The van der Waals surface area contributed by atoms with E-state index in [1.807, 2.05) is 47.4 Å². The van der Waals surface area contributed by atoms with Gasteiger partial charge in [0, 0.05) is 19.6 Å². The van der Waals surface area contributed by atoms with Gasteiger partial charge in [-0.3, -0.25) is 14.5 Å². The molecule has 1 aromatic carbocycles. The van der Waals surface area contributed by atoms with Gasteiger partial charge in [-0.15, -0.1) is 10.2 Å². The van der Waals surface area contributed by atoms with Gasteiger partial charge in [0.15, 0.2) is 5.82 Å². The maximum atomic E-state index is 12.2. The van der Waals surface area contributed by atoms with E-state index in [0.717, 1.165) is 5.56 Å². The fourth-order valence-corrected chi connectivity index (χ4v) is 2.77. The molecule has 2 heterocycles. The molecule has 1 atom stereocenters. The SMILES string of the molecule is O=C(CC1C(=O)NCCN1CC=Cc1ccccc1)NCc1nn[nH]n1. The van der Waals surface area contributed by atoms with Crippen molar-refractivity contribution < 1.29 is 9.59 Å². The maximum absolute atomic E-state index is 12.2. The first kappa shape index (κ1) is 17.7. The molecule has 1 aromatic heterocycles. The van der Waals surface area contributed by atoms with Gasteiger partial charge in [-0.25, -0.2) is 0 Å². The molecular formula is C17H21N7O2. The zero-order valence-electron chi connectivity index (χ0n) is 14.3. The summed E-state index contributed by atoms with van der Waals surface area (Å²) in [5, 5.41) is 18.8. The molecule has 0 aliphatic carbocycles. The number of rotatable bonds is 7. The molecule has 1 saturated heterocycles. The van der Waals surface area contributed by atoms with Crippen LogP contribution in [0.1, 0.15) is 17.8 Å². The van der Waals surface area contributed by atoms with Gasteiger partial charge in [-0.05, 0) is 5.56 Å². The lowest BCUT2D eigenvalue weighted by molar-refractivity contribution is -0.133. The molecule has 1 aliphatic rings. The average molecular weight is 355 g/mol. The van der Waals surface area contributed by atoms with E-state index in [9.17, 15) is 9.59 Å². The minimum Gasteiger partial charge on any atom is -0.353 e. The monoisotopic (exact) mass is 355 g/mol. The Bertz CT molecular complexity index is 746. The van der Waals surface area contributed by atoms with Crippen LogP contribution in [0.5, 0.6) is 0 Å². The Morgan fingerprint density at radius 3 is 2.96 bits per heavy atom. The number of hydrogen-bond donors (Lipinski definition) is 3. The van der Waals surface area contributed by atoms with E-state index in [4.69, 9.17) is 0 Å². The molecule has 136 valence electrons. The number of carbonyl (C=O) groups is 2. The normalized spacial score (nSPS) is 18.0. The maximum Gasteiger partial charge on any atom is 0.237 e. The molecule has 1 aliphatic heterocycles. The molecule has 9 nitrogen and oxygen atoms in total. The number of nitrogens with one attached hydrogen (secondary N) is 3. The summed E-state index contributed by atoms with van der Waals surface area (Å²) in [6.07, 6.45) is 4.11. The predicted molar refractivity (Wildman–Crippen MR) is 94.5 cm³/mol. The van der Waals surface area contributed by atoms with Gasteiger partial charge < -0.3 is 10.6 Å². The standard InChI is InChI=1S/C17H21N7O2/c25-16(19-12-15-20-22-23-21-15)11-14-17(26)18-8-10-24(14)9-4-7-13-5-2-1-3-6-13/h1-7,14H,8-12H2,(H,18,26)(H,19,25)(H,20,21,22,23). The highest BCUT2D eigenvalue weighted by molar-refractivity contribution is 5.88. The fourth-order valence-electron chi connectivity index (χ4n) is 2.77. The summed E-state index contributed by atoms with van der Waals surface area (Å²) in [7, 11) is 0. The van der Waals surface area contributed by atoms with Crippen LogP contribution in [-0.4, -0.2) is 63.0 Å². The van der Waals surface area contributed by atoms with Gasteiger partial charge >= 0.3 is 0 Å². The van der Waals surface area contributed by atoms with E-state index in [1.54, 1.807) is 0 Å². The Hall–Kier alpha value is -3.07. The summed E-state index contributed by atoms with van der Waals surface area (Å²) < 4.78 is 0. The van der Waals surface area contributed by atoms with Crippen molar-refractivity contribution in [2.45, 2.75) is 19.0 Å². The first-order chi connectivity index (χ1) is 12.7. The van der Waals surface area contributed by atoms with Crippen molar-refractivity contribution in [1.82, 2.24) is 36.2 Å². The van der Waals surface area contributed by atoms with Gasteiger partial charge in [0.05, 0.1) is 19.0 Å². The van der Waals surface area contributed by atoms with Crippen molar-refractivity contribution >= 4 is 17.9 Å². The number of nitrogens with zero attached hydrogens (tertiary/aromatic N) is 4. The number of H-pyrrole nitrogens is 1. The number of aromatic nitrogens is 4. The summed E-state index contributed by atoms with van der Waals surface area (Å²) >= 11 is 0. The Morgan fingerprint density at radius 1 is 1.35 bits per heavy atom. The van der Waals surface area contributed by atoms with E-state index in [2.05, 4.69) is 31.3 Å². The molecule has 2 amide bonds. The van der Waals surface area contributed by atoms with E-state index in [0.29, 0.717) is 25.5 Å². The lowest BCUT2D eigenvalue weighted by atomic mass is 10.1. The quantitative estimate of drug-likeness (QED) is 0.629. The summed E-state index contributed by atoms with van der Waals surface area (Å²) in [6.45, 7) is 2.06. The van der Waals surface area contributed by atoms with Gasteiger partial charge in [-0.2, -0.15) is 5.21 Å². The number of aromatic amines is 1. The number of amides is 2. The molecule has 26 heavy (non-hydrogen) atoms. The molecule has 3 N–H and O–H groups in total. The summed E-state index contributed by atoms with van der Waals surface area (Å²) in [4.78, 5) is 26.4. The second-order valence-corrected chi connectivity index (χ2v) is 5.92. The number of hydrogen-bond acceptors (Lipinski definition) is 6. The van der Waals surface area contributed by atoms with Crippen LogP contribution in [0.2, 0.25) is 0 Å². The molecule has 0 radical (unpaired) electrons. The van der Waals surface area contributed by atoms with Gasteiger partial charge in [0.2, 0.25) is 11.8 Å². The van der Waals surface area contributed by atoms with E-state index in [-0.39, 0.29) is 24.8 Å². The Morgan fingerprint density at radius 2 is 2.19 bits per heavy atom. The zero-order valence-corrected chi connectivity index (χ0v) is 14.3. The van der Waals surface area contributed by atoms with Crippen LogP contribution >= 0.6 is 0 Å². The molecule has 0 spiro atoms. The fraction of sp³-hybridized carbons (Fsp3) is 0.353. The molecule has 9 heteroatoms. The van der Waals surface area contributed by atoms with Gasteiger partial charge in [0.1, 0.15) is 0 Å². The predicted octanol–water partition coefficient (Wildman–Crippen LogP) is -0.280. The van der Waals surface area contributed by atoms with Crippen molar-refractivity contribution in [3.63, 3.8) is 0 Å². The zero-order chi connectivity index (χ0) is 18.2. The van der Waals surface area contributed by atoms with Crippen molar-refractivity contribution in [1.29, 1.82) is 0 Å². The number of tetrazole rings is 1. The molecule has 2 aromatic rings. The third-order valence-electron chi connectivity index (χ3n) is 4.10. The second-order valence-electron chi connectivity index (χ2n) is 5.92. The van der Waals surface area contributed by atoms with Crippen LogP contribution in [0.25, 0.3) is 6.08 Å². The number of piperazine rings is 1. The smallest absolute Gasteiger partial charge is 0.237 e. The molecular weight excluding hydrogens is 334 g/mol. The molecule has 0 saturated carbocycles. The summed E-state index contributed by atoms with van der Waals surface area (Å²) in [6, 6.07) is 9.46. The minimum atomic E-state index is -0.491. The highest BCUT2D eigenvalue weighted by Gasteiger charge is 2.30. The molecule has 0 bridgehead atoms. The van der Waals surface area contributed by atoms with Crippen LogP contribution in [0.4, 0.5) is 0 Å². The van der Waals surface area contributed by atoms with Crippen LogP contribution in [0.3, 0.4) is 0 Å². The highest BCUT2D eigenvalue weighted by Crippen LogP contribution is 2.10. The van der Waals surface area contributed by atoms with Crippen LogP contribution in [0.15, 0.2) is 36.4 Å². The Kier molecular flexibility index (Phi) is 6.05. The van der Waals surface area contributed by atoms with Gasteiger partial charge in [-0.1, -0.05) is 47.7 Å². The first-order valence-electron chi connectivity index (χ1n) is 8.45. The topological polar surface area (TPSA) is 116 Å². The number of benzene rings is 1. The second kappa shape index (κ2) is 8.86. The highest BCUT2D eigenvalue weighted by atomic mass is 16.2. The third-order valence-corrected chi connectivity index (χ3v) is 4.10. The van der Waals surface area contributed by atoms with Gasteiger partial charge in [0.25, 0.3) is 0 Å². The minimum absolute atomic E-state index is 0.0862. The van der Waals surface area contributed by atoms with E-state index < -0.39 is 6.04 Å². The Balaban J connectivity index is 1.54. The first-order valence-corrected chi connectivity index (χ1v) is 8.45. The molecule has 3 rings (SSSR count). The lowest BCUT2D eigenvalue weighted by Crippen LogP contribution is -2.56. The molecule has 1 fully saturated rings. The van der Waals surface area contributed by atoms with Crippen LogP contribution < -0.4 is 10.6 Å². The summed E-state index contributed by atoms with van der Waals surface area (Å²) in [5.41, 5.74) is 1.10. The van der Waals surface area contributed by atoms with Crippen LogP contribution in [0, 0.1) is 0 Å². The molecule has 1 unspecified atom stereocenters. The number of carbonyl (C=O) groups excluding carboxylic acids is 2. The summed E-state index contributed by atoms with van der Waals surface area (Å²) in [5.74, 6) is 0.0436. The van der Waals surface area contributed by atoms with Crippen LogP contribution in [-0.2, 0) is 16.1 Å². The lowest BCUT2D eigenvalue weighted by Gasteiger charge is -2.33. The average Bonchev–Trinajstić information content (AvgIpc) is 3.17. The van der Waals surface area contributed by atoms with E-state index >= 15 is 0 Å².